The highest BCUT2D eigenvalue weighted by molar-refractivity contribution is 7.90. The Hall–Kier alpha value is -3.71. The molecule has 0 aliphatic carbocycles. The molecule has 0 bridgehead atoms. The van der Waals surface area contributed by atoms with Gasteiger partial charge in [0.25, 0.3) is 5.91 Å². The Morgan fingerprint density at radius 1 is 0.939 bits per heavy atom. The molecule has 3 aromatic carbocycles. The van der Waals surface area contributed by atoms with Gasteiger partial charge in [-0.2, -0.15) is 0 Å². The van der Waals surface area contributed by atoms with E-state index in [1.54, 1.807) is 61.5 Å². The standard InChI is InChI=1S/C26H24N2O4S/c1-3-19-9-15-22(16-10-19)27-25(29)20-11-13-21(14-12-20)26-28-24(18(2)32-26)17-33(30,31)23-7-5-4-6-8-23/h4-16H,3,17H2,1-2H3,(H,27,29). The van der Waals surface area contributed by atoms with Gasteiger partial charge < -0.3 is 9.73 Å². The number of nitrogens with one attached hydrogen (secondary N) is 1. The number of nitrogens with zero attached hydrogens (tertiary/aromatic N) is 1. The van der Waals surface area contributed by atoms with Crippen LogP contribution >= 0.6 is 0 Å². The van der Waals surface area contributed by atoms with E-state index in [-0.39, 0.29) is 16.6 Å². The highest BCUT2D eigenvalue weighted by atomic mass is 32.2. The lowest BCUT2D eigenvalue weighted by molar-refractivity contribution is 0.102. The molecule has 0 radical (unpaired) electrons. The first-order valence-corrected chi connectivity index (χ1v) is 12.3. The van der Waals surface area contributed by atoms with E-state index in [1.807, 2.05) is 24.3 Å². The fourth-order valence-corrected chi connectivity index (χ4v) is 4.73. The van der Waals surface area contributed by atoms with Crippen LogP contribution in [0.2, 0.25) is 0 Å². The molecule has 0 atom stereocenters. The predicted octanol–water partition coefficient (Wildman–Crippen LogP) is 5.44. The molecule has 0 spiro atoms. The molecule has 1 heterocycles. The molecular weight excluding hydrogens is 436 g/mol. The monoisotopic (exact) mass is 460 g/mol. The Morgan fingerprint density at radius 2 is 1.61 bits per heavy atom. The maximum absolute atomic E-state index is 12.7. The number of anilines is 1. The van der Waals surface area contributed by atoms with Gasteiger partial charge in [0.2, 0.25) is 5.89 Å². The molecule has 168 valence electrons. The summed E-state index contributed by atoms with van der Waals surface area (Å²) in [4.78, 5) is 17.2. The SMILES string of the molecule is CCc1ccc(NC(=O)c2ccc(-c3nc(CS(=O)(=O)c4ccccc4)c(C)o3)cc2)cc1. The van der Waals surface area contributed by atoms with E-state index in [9.17, 15) is 13.2 Å². The van der Waals surface area contributed by atoms with Crippen molar-refractivity contribution < 1.29 is 17.6 Å². The number of oxazole rings is 1. The van der Waals surface area contributed by atoms with Gasteiger partial charge in [-0.3, -0.25) is 4.79 Å². The largest absolute Gasteiger partial charge is 0.441 e. The number of benzene rings is 3. The van der Waals surface area contributed by atoms with Crippen LogP contribution < -0.4 is 5.32 Å². The summed E-state index contributed by atoms with van der Waals surface area (Å²) in [6.45, 7) is 3.77. The second kappa shape index (κ2) is 9.42. The summed E-state index contributed by atoms with van der Waals surface area (Å²) in [7, 11) is -3.53. The number of hydrogen-bond acceptors (Lipinski definition) is 5. The van der Waals surface area contributed by atoms with Gasteiger partial charge in [-0.15, -0.1) is 0 Å². The first-order valence-electron chi connectivity index (χ1n) is 10.6. The van der Waals surface area contributed by atoms with Crippen LogP contribution in [0, 0.1) is 6.92 Å². The number of sulfone groups is 1. The molecule has 33 heavy (non-hydrogen) atoms. The molecule has 1 aromatic heterocycles. The summed E-state index contributed by atoms with van der Waals surface area (Å²) in [6, 6.07) is 22.8. The quantitative estimate of drug-likeness (QED) is 0.397. The first-order chi connectivity index (χ1) is 15.9. The number of aryl methyl sites for hydroxylation is 2. The van der Waals surface area contributed by atoms with E-state index in [4.69, 9.17) is 4.42 Å². The van der Waals surface area contributed by atoms with Crippen molar-refractivity contribution >= 4 is 21.4 Å². The van der Waals surface area contributed by atoms with Gasteiger partial charge >= 0.3 is 0 Å². The van der Waals surface area contributed by atoms with Crippen molar-refractivity contribution in [3.8, 4) is 11.5 Å². The van der Waals surface area contributed by atoms with Gasteiger partial charge in [0.05, 0.1) is 10.6 Å². The molecule has 0 fully saturated rings. The smallest absolute Gasteiger partial charge is 0.255 e. The van der Waals surface area contributed by atoms with Crippen molar-refractivity contribution in [1.82, 2.24) is 4.98 Å². The molecule has 0 aliphatic rings. The van der Waals surface area contributed by atoms with Crippen molar-refractivity contribution in [3.05, 3.63) is 101 Å². The molecule has 0 unspecified atom stereocenters. The number of amides is 1. The van der Waals surface area contributed by atoms with Crippen LogP contribution in [-0.2, 0) is 22.0 Å². The summed E-state index contributed by atoms with van der Waals surface area (Å²) in [5, 5.41) is 2.88. The zero-order chi connectivity index (χ0) is 23.4. The van der Waals surface area contributed by atoms with Crippen LogP contribution in [0.3, 0.4) is 0 Å². The van der Waals surface area contributed by atoms with Crippen LogP contribution in [-0.4, -0.2) is 19.3 Å². The average molecular weight is 461 g/mol. The minimum absolute atomic E-state index is 0.218. The lowest BCUT2D eigenvalue weighted by Gasteiger charge is -2.06. The Morgan fingerprint density at radius 3 is 2.24 bits per heavy atom. The molecule has 4 rings (SSSR count). The van der Waals surface area contributed by atoms with E-state index in [0.29, 0.717) is 28.5 Å². The zero-order valence-corrected chi connectivity index (χ0v) is 19.2. The summed E-state index contributed by atoms with van der Waals surface area (Å²) < 4.78 is 31.1. The minimum atomic E-state index is -3.53. The number of carbonyl (C=O) groups is 1. The van der Waals surface area contributed by atoms with Crippen molar-refractivity contribution in [1.29, 1.82) is 0 Å². The van der Waals surface area contributed by atoms with Gasteiger partial charge in [0.15, 0.2) is 9.84 Å². The molecular formula is C26H24N2O4S. The lowest BCUT2D eigenvalue weighted by Crippen LogP contribution is -2.11. The predicted molar refractivity (Wildman–Crippen MR) is 128 cm³/mol. The van der Waals surface area contributed by atoms with E-state index < -0.39 is 9.84 Å². The molecule has 7 heteroatoms. The summed E-state index contributed by atoms with van der Waals surface area (Å²) in [5.74, 6) is 0.294. The molecule has 6 nitrogen and oxygen atoms in total. The summed E-state index contributed by atoms with van der Waals surface area (Å²) >= 11 is 0. The van der Waals surface area contributed by atoms with Crippen molar-refractivity contribution in [2.24, 2.45) is 0 Å². The molecule has 1 amide bonds. The molecule has 4 aromatic rings. The van der Waals surface area contributed by atoms with Gasteiger partial charge in [-0.1, -0.05) is 37.3 Å². The second-order valence-electron chi connectivity index (χ2n) is 7.68. The third-order valence-corrected chi connectivity index (χ3v) is 6.98. The van der Waals surface area contributed by atoms with Crippen LogP contribution in [0.1, 0.15) is 34.3 Å². The Bertz CT molecular complexity index is 1360. The average Bonchev–Trinajstić information content (AvgIpc) is 3.19. The minimum Gasteiger partial charge on any atom is -0.441 e. The van der Waals surface area contributed by atoms with Crippen molar-refractivity contribution in [2.45, 2.75) is 30.9 Å². The topological polar surface area (TPSA) is 89.3 Å². The van der Waals surface area contributed by atoms with Gasteiger partial charge in [-0.25, -0.2) is 13.4 Å². The highest BCUT2D eigenvalue weighted by Crippen LogP contribution is 2.25. The van der Waals surface area contributed by atoms with E-state index in [2.05, 4.69) is 17.2 Å². The van der Waals surface area contributed by atoms with Gasteiger partial charge in [0, 0.05) is 16.8 Å². The maximum atomic E-state index is 12.7. The second-order valence-corrected chi connectivity index (χ2v) is 9.67. The normalized spacial score (nSPS) is 11.3. The third kappa shape index (κ3) is 5.21. The zero-order valence-electron chi connectivity index (χ0n) is 18.4. The molecule has 0 saturated heterocycles. The van der Waals surface area contributed by atoms with Crippen molar-refractivity contribution in [3.63, 3.8) is 0 Å². The Kier molecular flexibility index (Phi) is 6.42. The number of carbonyl (C=O) groups excluding carboxylic acids is 1. The summed E-state index contributed by atoms with van der Waals surface area (Å²) in [6.07, 6.45) is 0.940. The summed E-state index contributed by atoms with van der Waals surface area (Å²) in [5.41, 5.74) is 3.45. The Labute approximate surface area is 193 Å². The maximum Gasteiger partial charge on any atom is 0.255 e. The first kappa shape index (κ1) is 22.5. The molecule has 0 saturated carbocycles. The number of hydrogen-bond donors (Lipinski definition) is 1. The van der Waals surface area contributed by atoms with E-state index in [0.717, 1.165) is 12.1 Å². The lowest BCUT2D eigenvalue weighted by atomic mass is 10.1. The van der Waals surface area contributed by atoms with Crippen LogP contribution in [0.5, 0.6) is 0 Å². The third-order valence-electron chi connectivity index (χ3n) is 5.34. The van der Waals surface area contributed by atoms with Crippen LogP contribution in [0.15, 0.2) is 88.2 Å². The van der Waals surface area contributed by atoms with Crippen molar-refractivity contribution in [2.75, 3.05) is 5.32 Å². The van der Waals surface area contributed by atoms with Gasteiger partial charge in [-0.05, 0) is 67.4 Å². The fraction of sp³-hybridized carbons (Fsp3) is 0.154. The molecule has 1 N–H and O–H groups in total. The van der Waals surface area contributed by atoms with Crippen LogP contribution in [0.4, 0.5) is 5.69 Å². The highest BCUT2D eigenvalue weighted by Gasteiger charge is 2.21. The molecule has 0 aliphatic heterocycles. The van der Waals surface area contributed by atoms with E-state index in [1.165, 1.54) is 5.56 Å². The number of aromatic nitrogens is 1. The van der Waals surface area contributed by atoms with Gasteiger partial charge in [0.1, 0.15) is 11.5 Å². The Balaban J connectivity index is 1.48. The number of rotatable bonds is 7. The van der Waals surface area contributed by atoms with Crippen LogP contribution in [0.25, 0.3) is 11.5 Å². The fourth-order valence-electron chi connectivity index (χ4n) is 3.37. The van der Waals surface area contributed by atoms with E-state index >= 15 is 0 Å².